The number of carbonyl (C=O) groups excluding carboxylic acids is 1. The highest BCUT2D eigenvalue weighted by molar-refractivity contribution is 7.09. The molecular formula is C14H23N3O3S. The van der Waals surface area contributed by atoms with E-state index in [9.17, 15) is 9.59 Å². The molecule has 0 radical (unpaired) electrons. The van der Waals surface area contributed by atoms with Gasteiger partial charge >= 0.3 is 12.0 Å². The molecule has 0 aromatic carbocycles. The molecule has 7 heteroatoms. The molecule has 0 atom stereocenters. The SMILES string of the molecule is CC(C)CCCCNC(=O)NCCc1nc(C(=O)O)cs1. The van der Waals surface area contributed by atoms with Gasteiger partial charge in [-0.15, -0.1) is 11.3 Å². The molecule has 0 saturated heterocycles. The van der Waals surface area contributed by atoms with Gasteiger partial charge in [0.15, 0.2) is 5.69 Å². The normalized spacial score (nSPS) is 10.6. The van der Waals surface area contributed by atoms with E-state index in [0.717, 1.165) is 12.8 Å². The Labute approximate surface area is 129 Å². The molecule has 1 rings (SSSR count). The van der Waals surface area contributed by atoms with Gasteiger partial charge in [-0.25, -0.2) is 14.6 Å². The molecule has 118 valence electrons. The zero-order valence-electron chi connectivity index (χ0n) is 12.5. The Balaban J connectivity index is 2.08. The van der Waals surface area contributed by atoms with E-state index in [1.165, 1.54) is 23.1 Å². The maximum absolute atomic E-state index is 11.5. The Morgan fingerprint density at radius 1 is 1.29 bits per heavy atom. The molecule has 6 nitrogen and oxygen atoms in total. The largest absolute Gasteiger partial charge is 0.476 e. The Hall–Kier alpha value is -1.63. The first-order valence-electron chi connectivity index (χ1n) is 7.18. The highest BCUT2D eigenvalue weighted by atomic mass is 32.1. The topological polar surface area (TPSA) is 91.3 Å². The van der Waals surface area contributed by atoms with Crippen molar-refractivity contribution < 1.29 is 14.7 Å². The molecule has 0 aliphatic rings. The average Bonchev–Trinajstić information content (AvgIpc) is 2.87. The number of amides is 2. The minimum Gasteiger partial charge on any atom is -0.476 e. The number of aromatic carboxylic acids is 1. The van der Waals surface area contributed by atoms with Gasteiger partial charge in [-0.1, -0.05) is 26.7 Å². The van der Waals surface area contributed by atoms with Gasteiger partial charge in [0.2, 0.25) is 0 Å². The molecule has 1 aromatic heterocycles. The van der Waals surface area contributed by atoms with Crippen LogP contribution in [0.5, 0.6) is 0 Å². The predicted octanol–water partition coefficient (Wildman–Crippen LogP) is 2.51. The van der Waals surface area contributed by atoms with Crippen LogP contribution in [0.1, 0.15) is 48.6 Å². The van der Waals surface area contributed by atoms with E-state index in [1.807, 2.05) is 0 Å². The summed E-state index contributed by atoms with van der Waals surface area (Å²) in [5, 5.41) is 16.5. The van der Waals surface area contributed by atoms with Crippen LogP contribution >= 0.6 is 11.3 Å². The molecule has 0 fully saturated rings. The number of nitrogens with one attached hydrogen (secondary N) is 2. The molecule has 0 unspecified atom stereocenters. The zero-order valence-corrected chi connectivity index (χ0v) is 13.3. The zero-order chi connectivity index (χ0) is 15.7. The fraction of sp³-hybridized carbons (Fsp3) is 0.643. The first kappa shape index (κ1) is 17.4. The Bertz CT molecular complexity index is 460. The van der Waals surface area contributed by atoms with Crippen molar-refractivity contribution >= 4 is 23.3 Å². The van der Waals surface area contributed by atoms with Gasteiger partial charge in [-0.3, -0.25) is 0 Å². The summed E-state index contributed by atoms with van der Waals surface area (Å²) in [6.45, 7) is 5.51. The third-order valence-corrected chi connectivity index (χ3v) is 3.80. The van der Waals surface area contributed by atoms with Crippen molar-refractivity contribution in [1.29, 1.82) is 0 Å². The number of hydrogen-bond acceptors (Lipinski definition) is 4. The smallest absolute Gasteiger partial charge is 0.355 e. The first-order valence-corrected chi connectivity index (χ1v) is 8.06. The van der Waals surface area contributed by atoms with E-state index < -0.39 is 5.97 Å². The van der Waals surface area contributed by atoms with Gasteiger partial charge in [-0.05, 0) is 12.3 Å². The van der Waals surface area contributed by atoms with Crippen molar-refractivity contribution in [2.24, 2.45) is 5.92 Å². The molecule has 0 aliphatic heterocycles. The molecule has 2 amide bonds. The van der Waals surface area contributed by atoms with E-state index >= 15 is 0 Å². The summed E-state index contributed by atoms with van der Waals surface area (Å²) in [4.78, 5) is 26.1. The third-order valence-electron chi connectivity index (χ3n) is 2.89. The number of thiazole rings is 1. The lowest BCUT2D eigenvalue weighted by Gasteiger charge is -2.07. The highest BCUT2D eigenvalue weighted by Gasteiger charge is 2.08. The monoisotopic (exact) mass is 313 g/mol. The summed E-state index contributed by atoms with van der Waals surface area (Å²) < 4.78 is 0. The maximum atomic E-state index is 11.5. The summed E-state index contributed by atoms with van der Waals surface area (Å²) in [5.41, 5.74) is 0.0598. The minimum atomic E-state index is -1.02. The second-order valence-electron chi connectivity index (χ2n) is 5.25. The van der Waals surface area contributed by atoms with Gasteiger partial charge < -0.3 is 15.7 Å². The van der Waals surface area contributed by atoms with Gasteiger partial charge in [0.1, 0.15) is 0 Å². The second kappa shape index (κ2) is 9.33. The van der Waals surface area contributed by atoms with Crippen LogP contribution in [0.3, 0.4) is 0 Å². The summed E-state index contributed by atoms with van der Waals surface area (Å²) in [6.07, 6.45) is 3.83. The van der Waals surface area contributed by atoms with E-state index in [1.54, 1.807) is 0 Å². The standard InChI is InChI=1S/C14H23N3O3S/c1-10(2)5-3-4-7-15-14(20)16-8-6-12-17-11(9-21-12)13(18)19/h9-10H,3-8H2,1-2H3,(H,18,19)(H2,15,16,20). The molecule has 1 aromatic rings. The highest BCUT2D eigenvalue weighted by Crippen LogP contribution is 2.09. The number of carbonyl (C=O) groups is 2. The van der Waals surface area contributed by atoms with Crippen LogP contribution in [0, 0.1) is 5.92 Å². The number of aromatic nitrogens is 1. The van der Waals surface area contributed by atoms with E-state index in [4.69, 9.17) is 5.11 Å². The molecule has 1 heterocycles. The van der Waals surface area contributed by atoms with Gasteiger partial charge in [0, 0.05) is 24.9 Å². The van der Waals surface area contributed by atoms with Gasteiger partial charge in [0.05, 0.1) is 5.01 Å². The molecule has 0 spiro atoms. The lowest BCUT2D eigenvalue weighted by Crippen LogP contribution is -2.37. The van der Waals surface area contributed by atoms with Crippen molar-refractivity contribution in [3.8, 4) is 0 Å². The number of carboxylic acid groups (broad SMARTS) is 1. The minimum absolute atomic E-state index is 0.0598. The summed E-state index contributed by atoms with van der Waals surface area (Å²) in [5.74, 6) is -0.322. The van der Waals surface area contributed by atoms with Crippen LogP contribution in [0.15, 0.2) is 5.38 Å². The summed E-state index contributed by atoms with van der Waals surface area (Å²) >= 11 is 1.29. The van der Waals surface area contributed by atoms with Crippen molar-refractivity contribution in [3.63, 3.8) is 0 Å². The number of urea groups is 1. The molecule has 21 heavy (non-hydrogen) atoms. The lowest BCUT2D eigenvalue weighted by molar-refractivity contribution is 0.0691. The van der Waals surface area contributed by atoms with Crippen LogP contribution in [0.4, 0.5) is 4.79 Å². The Kier molecular flexibility index (Phi) is 7.74. The first-order chi connectivity index (χ1) is 9.99. The number of nitrogens with zero attached hydrogens (tertiary/aromatic N) is 1. The summed E-state index contributed by atoms with van der Waals surface area (Å²) in [7, 11) is 0. The summed E-state index contributed by atoms with van der Waals surface area (Å²) in [6, 6.07) is -0.186. The Morgan fingerprint density at radius 3 is 2.62 bits per heavy atom. The number of unbranched alkanes of at least 4 members (excludes halogenated alkanes) is 1. The fourth-order valence-electron chi connectivity index (χ4n) is 1.75. The maximum Gasteiger partial charge on any atom is 0.355 e. The van der Waals surface area contributed by atoms with E-state index in [-0.39, 0.29) is 11.7 Å². The third kappa shape index (κ3) is 7.65. The Morgan fingerprint density at radius 2 is 2.00 bits per heavy atom. The predicted molar refractivity (Wildman–Crippen MR) is 82.9 cm³/mol. The van der Waals surface area contributed by atoms with E-state index in [2.05, 4.69) is 29.5 Å². The van der Waals surface area contributed by atoms with Crippen molar-refractivity contribution in [2.75, 3.05) is 13.1 Å². The fourth-order valence-corrected chi connectivity index (χ4v) is 2.52. The van der Waals surface area contributed by atoms with Gasteiger partial charge in [0.25, 0.3) is 0 Å². The van der Waals surface area contributed by atoms with E-state index in [0.29, 0.717) is 30.4 Å². The lowest BCUT2D eigenvalue weighted by atomic mass is 10.1. The van der Waals surface area contributed by atoms with Crippen LogP contribution < -0.4 is 10.6 Å². The molecular weight excluding hydrogens is 290 g/mol. The number of hydrogen-bond donors (Lipinski definition) is 3. The molecule has 0 aliphatic carbocycles. The van der Waals surface area contributed by atoms with Crippen molar-refractivity contribution in [2.45, 2.75) is 39.5 Å². The quantitative estimate of drug-likeness (QED) is 0.611. The number of rotatable bonds is 9. The molecule has 0 bridgehead atoms. The van der Waals surface area contributed by atoms with Crippen LogP contribution in [-0.4, -0.2) is 35.2 Å². The van der Waals surface area contributed by atoms with Crippen LogP contribution in [-0.2, 0) is 6.42 Å². The van der Waals surface area contributed by atoms with Crippen molar-refractivity contribution in [3.05, 3.63) is 16.1 Å². The van der Waals surface area contributed by atoms with Crippen LogP contribution in [0.2, 0.25) is 0 Å². The van der Waals surface area contributed by atoms with Crippen LogP contribution in [0.25, 0.3) is 0 Å². The van der Waals surface area contributed by atoms with Gasteiger partial charge in [-0.2, -0.15) is 0 Å². The molecule has 3 N–H and O–H groups in total. The molecule has 0 saturated carbocycles. The number of carboxylic acids is 1. The average molecular weight is 313 g/mol. The van der Waals surface area contributed by atoms with Crippen molar-refractivity contribution in [1.82, 2.24) is 15.6 Å². The second-order valence-corrected chi connectivity index (χ2v) is 6.20.